The third-order valence-corrected chi connectivity index (χ3v) is 7.29. The van der Waals surface area contributed by atoms with E-state index in [0.717, 1.165) is 0 Å². The van der Waals surface area contributed by atoms with Crippen LogP contribution in [0.5, 0.6) is 0 Å². The number of amides is 2. The predicted octanol–water partition coefficient (Wildman–Crippen LogP) is 4.58. The minimum absolute atomic E-state index is 0.127. The molecule has 4 rings (SSSR count). The number of nitrogens with one attached hydrogen (secondary N) is 2. The van der Waals surface area contributed by atoms with Gasteiger partial charge in [0.1, 0.15) is 17.0 Å². The number of primary amides is 1. The standard InChI is InChI=1S/C28H30F4N4O2/c1-26(2,32)14-21(24(37)36-27(15-33)9-10-27)35-22(23(30)31)17-5-3-16(4-6-17)19-8-7-18(13-20(19)29)28(11-12-28)25(34)38/h3-8,13,21-23,35H,9-12,14H2,1-2H3,(H2,34,38)(H,36,37)/t21-,22-/m0/s1. The summed E-state index contributed by atoms with van der Waals surface area (Å²) in [5.41, 5.74) is 3.06. The monoisotopic (exact) mass is 530 g/mol. The molecule has 0 spiro atoms. The molecule has 0 heterocycles. The minimum Gasteiger partial charge on any atom is -0.369 e. The maximum absolute atomic E-state index is 14.9. The maximum Gasteiger partial charge on any atom is 0.257 e. The molecule has 0 aliphatic heterocycles. The average Bonchev–Trinajstić information content (AvgIpc) is 3.77. The molecule has 202 valence electrons. The van der Waals surface area contributed by atoms with E-state index in [0.29, 0.717) is 36.8 Å². The second-order valence-electron chi connectivity index (χ2n) is 10.9. The Kier molecular flexibility index (Phi) is 7.28. The van der Waals surface area contributed by atoms with Gasteiger partial charge in [0.25, 0.3) is 6.43 Å². The molecule has 2 fully saturated rings. The summed E-state index contributed by atoms with van der Waals surface area (Å²) < 4.78 is 57.7. The van der Waals surface area contributed by atoms with Crippen molar-refractivity contribution in [2.24, 2.45) is 5.73 Å². The first kappa shape index (κ1) is 27.6. The number of nitriles is 1. The Morgan fingerprint density at radius 3 is 2.18 bits per heavy atom. The molecular weight excluding hydrogens is 500 g/mol. The van der Waals surface area contributed by atoms with E-state index >= 15 is 0 Å². The SMILES string of the molecule is CC(C)(F)C[C@H](N[C@@H](c1ccc(-c2ccc(C3(C(N)=O)CC3)cc2F)cc1)C(F)F)C(=O)NC1(C#N)CC1. The van der Waals surface area contributed by atoms with Crippen molar-refractivity contribution in [2.75, 3.05) is 0 Å². The maximum atomic E-state index is 14.9. The number of carbonyl (C=O) groups is 2. The Labute approximate surface area is 218 Å². The molecule has 0 radical (unpaired) electrons. The first-order chi connectivity index (χ1) is 17.8. The first-order valence-electron chi connectivity index (χ1n) is 12.5. The van der Waals surface area contributed by atoms with Crippen LogP contribution in [-0.2, 0) is 15.0 Å². The van der Waals surface area contributed by atoms with Gasteiger partial charge in [-0.1, -0.05) is 36.4 Å². The van der Waals surface area contributed by atoms with Gasteiger partial charge >= 0.3 is 0 Å². The molecule has 6 nitrogen and oxygen atoms in total. The van der Waals surface area contributed by atoms with E-state index in [1.807, 2.05) is 6.07 Å². The van der Waals surface area contributed by atoms with Crippen molar-refractivity contribution in [3.05, 3.63) is 59.4 Å². The number of carbonyl (C=O) groups excluding carboxylic acids is 2. The van der Waals surface area contributed by atoms with Gasteiger partial charge in [-0.25, -0.2) is 17.6 Å². The van der Waals surface area contributed by atoms with E-state index in [-0.39, 0.29) is 17.5 Å². The molecule has 0 unspecified atom stereocenters. The zero-order valence-electron chi connectivity index (χ0n) is 21.2. The highest BCUT2D eigenvalue weighted by Crippen LogP contribution is 2.48. The van der Waals surface area contributed by atoms with Crippen LogP contribution in [0.2, 0.25) is 0 Å². The lowest BCUT2D eigenvalue weighted by molar-refractivity contribution is -0.125. The highest BCUT2D eigenvalue weighted by Gasteiger charge is 2.50. The van der Waals surface area contributed by atoms with Gasteiger partial charge in [0, 0.05) is 12.0 Å². The second kappa shape index (κ2) is 10.0. The number of hydrogen-bond acceptors (Lipinski definition) is 4. The second-order valence-corrected chi connectivity index (χ2v) is 10.9. The summed E-state index contributed by atoms with van der Waals surface area (Å²) in [4.78, 5) is 24.6. The van der Waals surface area contributed by atoms with Crippen LogP contribution < -0.4 is 16.4 Å². The van der Waals surface area contributed by atoms with Crippen molar-refractivity contribution in [3.8, 4) is 17.2 Å². The van der Waals surface area contributed by atoms with Crippen LogP contribution in [0, 0.1) is 17.1 Å². The summed E-state index contributed by atoms with van der Waals surface area (Å²) in [6.45, 7) is 2.49. The van der Waals surface area contributed by atoms with Crippen LogP contribution in [0.4, 0.5) is 17.6 Å². The van der Waals surface area contributed by atoms with Gasteiger partial charge in [-0.3, -0.25) is 14.9 Å². The van der Waals surface area contributed by atoms with Crippen molar-refractivity contribution in [2.45, 2.75) is 81.1 Å². The number of halogens is 4. The molecule has 0 saturated heterocycles. The third kappa shape index (κ3) is 5.83. The van der Waals surface area contributed by atoms with Gasteiger partial charge in [-0.05, 0) is 62.3 Å². The van der Waals surface area contributed by atoms with Gasteiger partial charge in [0.2, 0.25) is 11.8 Å². The smallest absolute Gasteiger partial charge is 0.257 e. The zero-order valence-corrected chi connectivity index (χ0v) is 21.2. The molecule has 2 aromatic rings. The normalized spacial score (nSPS) is 18.8. The Morgan fingerprint density at radius 1 is 1.11 bits per heavy atom. The Balaban J connectivity index is 1.54. The lowest BCUT2D eigenvalue weighted by Gasteiger charge is -2.29. The van der Waals surface area contributed by atoms with Gasteiger partial charge in [0.15, 0.2) is 0 Å². The largest absolute Gasteiger partial charge is 0.369 e. The number of hydrogen-bond donors (Lipinski definition) is 3. The van der Waals surface area contributed by atoms with E-state index < -0.39 is 52.8 Å². The van der Waals surface area contributed by atoms with Gasteiger partial charge < -0.3 is 11.1 Å². The quantitative estimate of drug-likeness (QED) is 0.370. The third-order valence-electron chi connectivity index (χ3n) is 7.29. The van der Waals surface area contributed by atoms with Gasteiger partial charge in [-0.15, -0.1) is 0 Å². The van der Waals surface area contributed by atoms with Crippen molar-refractivity contribution in [1.29, 1.82) is 5.26 Å². The topological polar surface area (TPSA) is 108 Å². The van der Waals surface area contributed by atoms with Crippen LogP contribution in [0.3, 0.4) is 0 Å². The Morgan fingerprint density at radius 2 is 1.74 bits per heavy atom. The molecule has 0 bridgehead atoms. The number of rotatable bonds is 11. The molecule has 10 heteroatoms. The zero-order chi connectivity index (χ0) is 27.9. The average molecular weight is 531 g/mol. The number of nitrogens with zero attached hydrogens (tertiary/aromatic N) is 1. The van der Waals surface area contributed by atoms with Crippen LogP contribution in [0.1, 0.15) is 63.1 Å². The molecule has 0 aromatic heterocycles. The van der Waals surface area contributed by atoms with Crippen molar-refractivity contribution >= 4 is 11.8 Å². The van der Waals surface area contributed by atoms with Crippen LogP contribution in [0.15, 0.2) is 42.5 Å². The summed E-state index contributed by atoms with van der Waals surface area (Å²) >= 11 is 0. The van der Waals surface area contributed by atoms with Crippen LogP contribution >= 0.6 is 0 Å². The van der Waals surface area contributed by atoms with Gasteiger partial charge in [-0.2, -0.15) is 5.26 Å². The van der Waals surface area contributed by atoms with E-state index in [1.54, 1.807) is 6.07 Å². The van der Waals surface area contributed by atoms with E-state index in [4.69, 9.17) is 5.73 Å². The van der Waals surface area contributed by atoms with Crippen molar-refractivity contribution in [1.82, 2.24) is 10.6 Å². The molecule has 2 atom stereocenters. The fourth-order valence-corrected chi connectivity index (χ4v) is 4.68. The van der Waals surface area contributed by atoms with Crippen LogP contribution in [0.25, 0.3) is 11.1 Å². The molecule has 2 aliphatic carbocycles. The molecular formula is C28H30F4N4O2. The number of nitrogens with two attached hydrogens (primary N) is 1. The predicted molar refractivity (Wildman–Crippen MR) is 133 cm³/mol. The van der Waals surface area contributed by atoms with E-state index in [9.17, 15) is 32.4 Å². The lowest BCUT2D eigenvalue weighted by atomic mass is 9.92. The number of alkyl halides is 3. The molecule has 2 amide bonds. The summed E-state index contributed by atoms with van der Waals surface area (Å²) in [5.74, 6) is -1.79. The summed E-state index contributed by atoms with van der Waals surface area (Å²) in [5, 5.41) is 14.4. The van der Waals surface area contributed by atoms with Crippen molar-refractivity contribution < 1.29 is 27.2 Å². The van der Waals surface area contributed by atoms with E-state index in [1.165, 1.54) is 50.2 Å². The highest BCUT2D eigenvalue weighted by molar-refractivity contribution is 5.90. The molecule has 2 saturated carbocycles. The van der Waals surface area contributed by atoms with Gasteiger partial charge in [0.05, 0.1) is 23.6 Å². The molecule has 2 aromatic carbocycles. The molecule has 38 heavy (non-hydrogen) atoms. The Bertz CT molecular complexity index is 1260. The summed E-state index contributed by atoms with van der Waals surface area (Å²) in [7, 11) is 0. The molecule has 4 N–H and O–H groups in total. The lowest BCUT2D eigenvalue weighted by Crippen LogP contribution is -2.52. The first-order valence-corrected chi connectivity index (χ1v) is 12.5. The van der Waals surface area contributed by atoms with Crippen LogP contribution in [-0.4, -0.2) is 35.5 Å². The van der Waals surface area contributed by atoms with E-state index in [2.05, 4.69) is 10.6 Å². The molecule has 2 aliphatic rings. The minimum atomic E-state index is -2.94. The fourth-order valence-electron chi connectivity index (χ4n) is 4.68. The fraction of sp³-hybridized carbons (Fsp3) is 0.464. The van der Waals surface area contributed by atoms with Crippen molar-refractivity contribution in [3.63, 3.8) is 0 Å². The Hall–Kier alpha value is -3.45. The summed E-state index contributed by atoms with van der Waals surface area (Å²) in [6, 6.07) is 9.27. The number of benzene rings is 2. The summed E-state index contributed by atoms with van der Waals surface area (Å²) in [6.07, 6.45) is -1.30. The highest BCUT2D eigenvalue weighted by atomic mass is 19.3.